The van der Waals surface area contributed by atoms with Crippen LogP contribution in [0.1, 0.15) is 34.2 Å². The number of benzene rings is 1. The topological polar surface area (TPSA) is 59.2 Å². The maximum Gasteiger partial charge on any atom is 0.263 e. The molecule has 0 unspecified atom stereocenters. The number of nitrogens with zero attached hydrogens (tertiary/aromatic N) is 3. The Labute approximate surface area is 144 Å². The molecule has 0 bridgehead atoms. The van der Waals surface area contributed by atoms with Crippen molar-refractivity contribution in [1.29, 1.82) is 0 Å². The molecule has 0 aliphatic carbocycles. The largest absolute Gasteiger partial charge is 0.340 e. The van der Waals surface area contributed by atoms with Crippen LogP contribution < -0.4 is 0 Å². The minimum Gasteiger partial charge on any atom is -0.340 e. The Hall–Kier alpha value is -2.21. The molecule has 1 atom stereocenters. The van der Waals surface area contributed by atoms with E-state index >= 15 is 0 Å². The molecule has 5 nitrogen and oxygen atoms in total. The third kappa shape index (κ3) is 3.06. The van der Waals surface area contributed by atoms with E-state index < -0.39 is 0 Å². The van der Waals surface area contributed by atoms with Crippen LogP contribution in [0.3, 0.4) is 0 Å². The standard InChI is InChI=1S/C18H19N3O2S/c1-12-19-17(20-23-12)9-13-5-4-8-21(11-13)18(22)16-10-14-6-2-3-7-15(14)24-16/h2-3,6-7,10,13H,4-5,8-9,11H2,1H3/t13-/m0/s1. The number of rotatable bonds is 3. The summed E-state index contributed by atoms with van der Waals surface area (Å²) in [6.45, 7) is 3.39. The molecule has 3 aromatic rings. The molecule has 24 heavy (non-hydrogen) atoms. The lowest BCUT2D eigenvalue weighted by molar-refractivity contribution is 0.0677. The van der Waals surface area contributed by atoms with Gasteiger partial charge in [-0.1, -0.05) is 23.4 Å². The van der Waals surface area contributed by atoms with Crippen LogP contribution in [0.4, 0.5) is 0 Å². The Kier molecular flexibility index (Phi) is 4.06. The fourth-order valence-electron chi connectivity index (χ4n) is 3.34. The fourth-order valence-corrected chi connectivity index (χ4v) is 4.37. The Bertz CT molecular complexity index is 837. The predicted octanol–water partition coefficient (Wildman–Crippen LogP) is 3.69. The molecule has 6 heteroatoms. The molecule has 0 radical (unpaired) electrons. The SMILES string of the molecule is Cc1nc(C[C@@H]2CCCN(C(=O)c3cc4ccccc4s3)C2)no1. The maximum atomic E-state index is 12.9. The number of likely N-dealkylation sites (tertiary alicyclic amines) is 1. The van der Waals surface area contributed by atoms with E-state index in [1.54, 1.807) is 18.3 Å². The van der Waals surface area contributed by atoms with Gasteiger partial charge in [0, 0.05) is 31.1 Å². The van der Waals surface area contributed by atoms with Crippen molar-refractivity contribution in [1.82, 2.24) is 15.0 Å². The molecule has 1 saturated heterocycles. The molecule has 1 aliphatic rings. The van der Waals surface area contributed by atoms with E-state index in [-0.39, 0.29) is 5.91 Å². The Morgan fingerprint density at radius 2 is 2.29 bits per heavy atom. The predicted molar refractivity (Wildman–Crippen MR) is 93.2 cm³/mol. The van der Waals surface area contributed by atoms with E-state index in [0.29, 0.717) is 11.8 Å². The number of aromatic nitrogens is 2. The molecule has 1 aromatic carbocycles. The van der Waals surface area contributed by atoms with E-state index in [4.69, 9.17) is 4.52 Å². The molecule has 1 aliphatic heterocycles. The van der Waals surface area contributed by atoms with E-state index in [2.05, 4.69) is 22.3 Å². The van der Waals surface area contributed by atoms with Gasteiger partial charge in [-0.2, -0.15) is 4.98 Å². The number of amides is 1. The molecule has 0 spiro atoms. The van der Waals surface area contributed by atoms with E-state index in [1.807, 2.05) is 23.1 Å². The lowest BCUT2D eigenvalue weighted by Crippen LogP contribution is -2.40. The normalized spacial score (nSPS) is 18.2. The fraction of sp³-hybridized carbons (Fsp3) is 0.389. The van der Waals surface area contributed by atoms with Crippen LogP contribution in [0.2, 0.25) is 0 Å². The first-order chi connectivity index (χ1) is 11.7. The quantitative estimate of drug-likeness (QED) is 0.729. The zero-order valence-electron chi connectivity index (χ0n) is 13.6. The van der Waals surface area contributed by atoms with Crippen molar-refractivity contribution < 1.29 is 9.32 Å². The monoisotopic (exact) mass is 341 g/mol. The molecule has 2 aromatic heterocycles. The summed E-state index contributed by atoms with van der Waals surface area (Å²) in [5.74, 6) is 1.88. The van der Waals surface area contributed by atoms with Crippen LogP contribution >= 0.6 is 11.3 Å². The highest BCUT2D eigenvalue weighted by Gasteiger charge is 2.26. The zero-order valence-corrected chi connectivity index (χ0v) is 14.4. The van der Waals surface area contributed by atoms with Crippen LogP contribution in [0, 0.1) is 12.8 Å². The molecule has 0 N–H and O–H groups in total. The van der Waals surface area contributed by atoms with Crippen molar-refractivity contribution in [3.63, 3.8) is 0 Å². The molecule has 124 valence electrons. The number of hydrogen-bond acceptors (Lipinski definition) is 5. The highest BCUT2D eigenvalue weighted by atomic mass is 32.1. The first kappa shape index (κ1) is 15.3. The maximum absolute atomic E-state index is 12.9. The number of carbonyl (C=O) groups excluding carboxylic acids is 1. The highest BCUT2D eigenvalue weighted by molar-refractivity contribution is 7.20. The summed E-state index contributed by atoms with van der Waals surface area (Å²) in [6, 6.07) is 10.1. The van der Waals surface area contributed by atoms with Gasteiger partial charge >= 0.3 is 0 Å². The number of piperidine rings is 1. The van der Waals surface area contributed by atoms with Crippen LogP contribution in [0.5, 0.6) is 0 Å². The summed E-state index contributed by atoms with van der Waals surface area (Å²) in [6.07, 6.45) is 2.90. The Morgan fingerprint density at radius 1 is 1.42 bits per heavy atom. The number of carbonyl (C=O) groups is 1. The van der Waals surface area contributed by atoms with Crippen molar-refractivity contribution in [2.24, 2.45) is 5.92 Å². The smallest absolute Gasteiger partial charge is 0.263 e. The second-order valence-corrected chi connectivity index (χ2v) is 7.43. The number of fused-ring (bicyclic) bond motifs is 1. The summed E-state index contributed by atoms with van der Waals surface area (Å²) in [4.78, 5) is 19.9. The van der Waals surface area contributed by atoms with Gasteiger partial charge in [0.2, 0.25) is 5.89 Å². The lowest BCUT2D eigenvalue weighted by Gasteiger charge is -2.32. The molecule has 0 saturated carbocycles. The average Bonchev–Trinajstić information content (AvgIpc) is 3.20. The lowest BCUT2D eigenvalue weighted by atomic mass is 9.94. The summed E-state index contributed by atoms with van der Waals surface area (Å²) in [5.41, 5.74) is 0. The van der Waals surface area contributed by atoms with Gasteiger partial charge in [0.05, 0.1) is 4.88 Å². The second-order valence-electron chi connectivity index (χ2n) is 6.34. The molecule has 3 heterocycles. The van der Waals surface area contributed by atoms with Gasteiger partial charge < -0.3 is 9.42 Å². The van der Waals surface area contributed by atoms with Crippen LogP contribution in [-0.2, 0) is 6.42 Å². The van der Waals surface area contributed by atoms with Gasteiger partial charge in [0.1, 0.15) is 0 Å². The van der Waals surface area contributed by atoms with Gasteiger partial charge in [-0.05, 0) is 36.3 Å². The van der Waals surface area contributed by atoms with Gasteiger partial charge in [0.25, 0.3) is 5.91 Å². The Balaban J connectivity index is 1.47. The molecule has 1 fully saturated rings. The van der Waals surface area contributed by atoms with Crippen LogP contribution in [-0.4, -0.2) is 34.0 Å². The van der Waals surface area contributed by atoms with E-state index in [1.165, 1.54) is 0 Å². The van der Waals surface area contributed by atoms with Crippen LogP contribution in [0.15, 0.2) is 34.9 Å². The third-order valence-electron chi connectivity index (χ3n) is 4.48. The van der Waals surface area contributed by atoms with Crippen LogP contribution in [0.25, 0.3) is 10.1 Å². The van der Waals surface area contributed by atoms with Crippen molar-refractivity contribution in [2.45, 2.75) is 26.2 Å². The zero-order chi connectivity index (χ0) is 16.5. The first-order valence-electron chi connectivity index (χ1n) is 8.26. The van der Waals surface area contributed by atoms with E-state index in [9.17, 15) is 4.79 Å². The van der Waals surface area contributed by atoms with E-state index in [0.717, 1.165) is 53.1 Å². The van der Waals surface area contributed by atoms with Crippen molar-refractivity contribution >= 4 is 27.3 Å². The van der Waals surface area contributed by atoms with Gasteiger partial charge in [-0.3, -0.25) is 4.79 Å². The van der Waals surface area contributed by atoms with Crippen molar-refractivity contribution in [2.75, 3.05) is 13.1 Å². The summed E-state index contributed by atoms with van der Waals surface area (Å²) in [5, 5.41) is 5.12. The van der Waals surface area contributed by atoms with Gasteiger partial charge in [-0.25, -0.2) is 0 Å². The number of aryl methyl sites for hydroxylation is 1. The van der Waals surface area contributed by atoms with Gasteiger partial charge in [-0.15, -0.1) is 11.3 Å². The average molecular weight is 341 g/mol. The first-order valence-corrected chi connectivity index (χ1v) is 9.08. The highest BCUT2D eigenvalue weighted by Crippen LogP contribution is 2.28. The molecular weight excluding hydrogens is 322 g/mol. The number of thiophene rings is 1. The number of hydrogen-bond donors (Lipinski definition) is 0. The molecular formula is C18H19N3O2S. The summed E-state index contributed by atoms with van der Waals surface area (Å²) < 4.78 is 6.21. The molecule has 4 rings (SSSR count). The van der Waals surface area contributed by atoms with Gasteiger partial charge in [0.15, 0.2) is 5.82 Å². The Morgan fingerprint density at radius 3 is 3.08 bits per heavy atom. The minimum atomic E-state index is 0.144. The van der Waals surface area contributed by atoms with Crippen molar-refractivity contribution in [3.8, 4) is 0 Å². The summed E-state index contributed by atoms with van der Waals surface area (Å²) >= 11 is 1.58. The van der Waals surface area contributed by atoms with Crippen molar-refractivity contribution in [3.05, 3.63) is 46.9 Å². The third-order valence-corrected chi connectivity index (χ3v) is 5.59. The minimum absolute atomic E-state index is 0.144. The summed E-state index contributed by atoms with van der Waals surface area (Å²) in [7, 11) is 0. The molecule has 1 amide bonds. The second kappa shape index (κ2) is 6.36.